The Morgan fingerprint density at radius 2 is 1.73 bits per heavy atom. The summed E-state index contributed by atoms with van der Waals surface area (Å²) in [7, 11) is 0. The van der Waals surface area contributed by atoms with Crippen molar-refractivity contribution in [2.75, 3.05) is 31.5 Å². The molecular formula is C26H28N6O. The second-order valence-electron chi connectivity index (χ2n) is 8.61. The number of imidazole rings is 1. The number of nitrogens with zero attached hydrogens (tertiary/aromatic N) is 5. The Morgan fingerprint density at radius 1 is 0.939 bits per heavy atom. The fraction of sp³-hybridized carbons (Fsp3) is 0.269. The van der Waals surface area contributed by atoms with E-state index in [0.29, 0.717) is 19.6 Å². The highest BCUT2D eigenvalue weighted by molar-refractivity contribution is 5.89. The zero-order valence-corrected chi connectivity index (χ0v) is 19.0. The number of fused-ring (bicyclic) bond motifs is 1. The van der Waals surface area contributed by atoms with Crippen LogP contribution in [-0.4, -0.2) is 56.5 Å². The van der Waals surface area contributed by atoms with Crippen molar-refractivity contribution < 1.29 is 4.79 Å². The maximum absolute atomic E-state index is 12.7. The number of nitrogens with one attached hydrogen (secondary N) is 1. The van der Waals surface area contributed by atoms with Gasteiger partial charge in [-0.1, -0.05) is 29.8 Å². The van der Waals surface area contributed by atoms with Crippen LogP contribution in [0.2, 0.25) is 0 Å². The smallest absolute Gasteiger partial charge is 0.321 e. The van der Waals surface area contributed by atoms with Gasteiger partial charge in [0.25, 0.3) is 0 Å². The van der Waals surface area contributed by atoms with Crippen molar-refractivity contribution in [2.24, 2.45) is 0 Å². The summed E-state index contributed by atoms with van der Waals surface area (Å²) in [6.07, 6.45) is 1.81. The predicted molar refractivity (Wildman–Crippen MR) is 131 cm³/mol. The van der Waals surface area contributed by atoms with Gasteiger partial charge in [0.1, 0.15) is 11.3 Å². The molecule has 4 aromatic rings. The number of anilines is 1. The fourth-order valence-corrected chi connectivity index (χ4v) is 4.25. The van der Waals surface area contributed by atoms with Gasteiger partial charge in [-0.05, 0) is 55.8 Å². The van der Waals surface area contributed by atoms with Gasteiger partial charge in [-0.25, -0.2) is 14.8 Å². The third kappa shape index (κ3) is 4.59. The molecule has 0 aliphatic carbocycles. The number of aromatic nitrogens is 3. The van der Waals surface area contributed by atoms with Crippen LogP contribution in [0.1, 0.15) is 17.0 Å². The number of hydrogen-bond donors (Lipinski definition) is 1. The Labute approximate surface area is 193 Å². The average Bonchev–Trinajstić information content (AvgIpc) is 3.19. The van der Waals surface area contributed by atoms with E-state index in [2.05, 4.69) is 51.0 Å². The van der Waals surface area contributed by atoms with Crippen molar-refractivity contribution in [3.8, 4) is 5.69 Å². The van der Waals surface area contributed by atoms with E-state index in [4.69, 9.17) is 4.98 Å². The molecule has 33 heavy (non-hydrogen) atoms. The maximum Gasteiger partial charge on any atom is 0.321 e. The third-order valence-corrected chi connectivity index (χ3v) is 6.07. The lowest BCUT2D eigenvalue weighted by Crippen LogP contribution is -2.49. The molecule has 5 rings (SSSR count). The molecule has 0 bridgehead atoms. The summed E-state index contributed by atoms with van der Waals surface area (Å²) in [6.45, 7) is 7.79. The molecular weight excluding hydrogens is 412 g/mol. The van der Waals surface area contributed by atoms with Crippen LogP contribution in [0.5, 0.6) is 0 Å². The standard InChI is InChI=1S/C26H28N6O/c1-19-8-10-21(11-9-19)28-26(33)31-15-13-30(14-16-31)18-24-29-23-7-4-12-27-25(23)32(24)22-6-3-5-20(2)17-22/h3-12,17H,13-16,18H2,1-2H3,(H,28,33). The number of rotatable bonds is 4. The van der Waals surface area contributed by atoms with Gasteiger partial charge in [0.05, 0.1) is 6.54 Å². The lowest BCUT2D eigenvalue weighted by Gasteiger charge is -2.34. The van der Waals surface area contributed by atoms with Crippen molar-refractivity contribution in [1.82, 2.24) is 24.3 Å². The summed E-state index contributed by atoms with van der Waals surface area (Å²) >= 11 is 0. The molecule has 1 fully saturated rings. The molecule has 0 unspecified atom stereocenters. The van der Waals surface area contributed by atoms with E-state index in [1.165, 1.54) is 11.1 Å². The fourth-order valence-electron chi connectivity index (χ4n) is 4.25. The zero-order chi connectivity index (χ0) is 22.8. The second kappa shape index (κ2) is 9.03. The quantitative estimate of drug-likeness (QED) is 0.511. The van der Waals surface area contributed by atoms with E-state index < -0.39 is 0 Å². The van der Waals surface area contributed by atoms with Gasteiger partial charge in [0.15, 0.2) is 5.65 Å². The zero-order valence-electron chi connectivity index (χ0n) is 19.0. The largest absolute Gasteiger partial charge is 0.322 e. The highest BCUT2D eigenvalue weighted by Crippen LogP contribution is 2.22. The van der Waals surface area contributed by atoms with Crippen molar-refractivity contribution >= 4 is 22.9 Å². The number of piperazine rings is 1. The molecule has 1 aliphatic rings. The van der Waals surface area contributed by atoms with Gasteiger partial charge >= 0.3 is 6.03 Å². The average molecular weight is 441 g/mol. The molecule has 0 saturated carbocycles. The van der Waals surface area contributed by atoms with Crippen LogP contribution in [0.3, 0.4) is 0 Å². The Kier molecular flexibility index (Phi) is 5.79. The third-order valence-electron chi connectivity index (χ3n) is 6.07. The first-order valence-corrected chi connectivity index (χ1v) is 11.3. The minimum absolute atomic E-state index is 0.0466. The molecule has 0 atom stereocenters. The highest BCUT2D eigenvalue weighted by Gasteiger charge is 2.23. The summed E-state index contributed by atoms with van der Waals surface area (Å²) in [5.74, 6) is 0.965. The normalized spacial score (nSPS) is 14.5. The number of urea groups is 1. The Hall–Kier alpha value is -3.71. The SMILES string of the molecule is Cc1ccc(NC(=O)N2CCN(Cc3nc4cccnc4n3-c3cccc(C)c3)CC2)cc1. The number of aryl methyl sites for hydroxylation is 2. The van der Waals surface area contributed by atoms with E-state index in [0.717, 1.165) is 41.5 Å². The highest BCUT2D eigenvalue weighted by atomic mass is 16.2. The van der Waals surface area contributed by atoms with Crippen LogP contribution in [0, 0.1) is 13.8 Å². The van der Waals surface area contributed by atoms with Crippen molar-refractivity contribution in [3.63, 3.8) is 0 Å². The second-order valence-corrected chi connectivity index (χ2v) is 8.61. The summed E-state index contributed by atoms with van der Waals surface area (Å²) in [6, 6.07) is 20.2. The summed E-state index contributed by atoms with van der Waals surface area (Å²) in [5.41, 5.74) is 6.03. The summed E-state index contributed by atoms with van der Waals surface area (Å²) in [4.78, 5) is 26.4. The number of pyridine rings is 1. The van der Waals surface area contributed by atoms with E-state index in [-0.39, 0.29) is 6.03 Å². The predicted octanol–water partition coefficient (Wildman–Crippen LogP) is 4.39. The first-order valence-electron chi connectivity index (χ1n) is 11.3. The molecule has 3 heterocycles. The number of carbonyl (C=O) groups excluding carboxylic acids is 1. The molecule has 2 amide bonds. The van der Waals surface area contributed by atoms with E-state index in [1.807, 2.05) is 54.4 Å². The Morgan fingerprint density at radius 3 is 2.48 bits per heavy atom. The van der Waals surface area contributed by atoms with Gasteiger partial charge in [-0.2, -0.15) is 0 Å². The molecule has 1 aliphatic heterocycles. The maximum atomic E-state index is 12.7. The minimum atomic E-state index is -0.0466. The van der Waals surface area contributed by atoms with E-state index in [9.17, 15) is 4.79 Å². The Bertz CT molecular complexity index is 1270. The summed E-state index contributed by atoms with van der Waals surface area (Å²) in [5, 5.41) is 3.00. The van der Waals surface area contributed by atoms with Gasteiger partial charge in [0, 0.05) is 43.8 Å². The molecule has 1 N–H and O–H groups in total. The first-order chi connectivity index (χ1) is 16.1. The minimum Gasteiger partial charge on any atom is -0.322 e. The lowest BCUT2D eigenvalue weighted by atomic mass is 10.2. The van der Waals surface area contributed by atoms with E-state index >= 15 is 0 Å². The van der Waals surface area contributed by atoms with Crippen LogP contribution in [-0.2, 0) is 6.54 Å². The molecule has 2 aromatic carbocycles. The van der Waals surface area contributed by atoms with Crippen LogP contribution in [0.25, 0.3) is 16.9 Å². The molecule has 7 heteroatoms. The van der Waals surface area contributed by atoms with Gasteiger partial charge in [-0.3, -0.25) is 9.47 Å². The van der Waals surface area contributed by atoms with Crippen LogP contribution in [0.15, 0.2) is 66.9 Å². The Balaban J connectivity index is 1.29. The van der Waals surface area contributed by atoms with Crippen molar-refractivity contribution in [1.29, 1.82) is 0 Å². The van der Waals surface area contributed by atoms with E-state index in [1.54, 1.807) is 0 Å². The molecule has 2 aromatic heterocycles. The first kappa shape index (κ1) is 21.2. The van der Waals surface area contributed by atoms with Gasteiger partial charge in [-0.15, -0.1) is 0 Å². The van der Waals surface area contributed by atoms with Crippen molar-refractivity contribution in [2.45, 2.75) is 20.4 Å². The van der Waals surface area contributed by atoms with Crippen LogP contribution in [0.4, 0.5) is 10.5 Å². The van der Waals surface area contributed by atoms with Gasteiger partial charge in [0.2, 0.25) is 0 Å². The lowest BCUT2D eigenvalue weighted by molar-refractivity contribution is 0.140. The van der Waals surface area contributed by atoms with Gasteiger partial charge < -0.3 is 10.2 Å². The molecule has 1 saturated heterocycles. The molecule has 168 valence electrons. The summed E-state index contributed by atoms with van der Waals surface area (Å²) < 4.78 is 2.15. The number of hydrogen-bond acceptors (Lipinski definition) is 4. The van der Waals surface area contributed by atoms with Crippen molar-refractivity contribution in [3.05, 3.63) is 83.8 Å². The molecule has 0 spiro atoms. The van der Waals surface area contributed by atoms with Crippen LogP contribution < -0.4 is 5.32 Å². The number of amides is 2. The number of carbonyl (C=O) groups is 1. The monoisotopic (exact) mass is 440 g/mol. The topological polar surface area (TPSA) is 66.3 Å². The number of benzene rings is 2. The molecule has 0 radical (unpaired) electrons. The van der Waals surface area contributed by atoms with Crippen LogP contribution >= 0.6 is 0 Å². The molecule has 7 nitrogen and oxygen atoms in total.